The highest BCUT2D eigenvalue weighted by atomic mass is 19.1. The van der Waals surface area contributed by atoms with E-state index in [1.165, 1.54) is 12.1 Å². The third-order valence-electron chi connectivity index (χ3n) is 2.22. The molecule has 0 aliphatic rings. The molecule has 5 nitrogen and oxygen atoms in total. The van der Waals surface area contributed by atoms with Crippen LogP contribution < -0.4 is 15.8 Å². The third-order valence-corrected chi connectivity index (χ3v) is 2.22. The summed E-state index contributed by atoms with van der Waals surface area (Å²) in [5.41, 5.74) is 5.46. The Hall–Kier alpha value is -2.11. The number of carbonyl (C=O) groups is 2. The van der Waals surface area contributed by atoms with Crippen LogP contribution >= 0.6 is 0 Å². The minimum atomic E-state index is -1.03. The Labute approximate surface area is 104 Å². The fraction of sp³-hybridized carbons (Fsp3) is 0.333. The van der Waals surface area contributed by atoms with E-state index in [2.05, 4.69) is 5.32 Å². The molecular weight excluding hydrogens is 239 g/mol. The Morgan fingerprint density at radius 2 is 2.17 bits per heavy atom. The lowest BCUT2D eigenvalue weighted by atomic mass is 10.1. The first kappa shape index (κ1) is 14.0. The van der Waals surface area contributed by atoms with Gasteiger partial charge in [-0.15, -0.1) is 0 Å². The zero-order valence-corrected chi connectivity index (χ0v) is 10.0. The second-order valence-electron chi connectivity index (χ2n) is 3.57. The number of hydrogen-bond acceptors (Lipinski definition) is 3. The fourth-order valence-electron chi connectivity index (χ4n) is 1.38. The van der Waals surface area contributed by atoms with Crippen LogP contribution in [0.3, 0.4) is 0 Å². The molecule has 18 heavy (non-hydrogen) atoms. The Morgan fingerprint density at radius 3 is 2.72 bits per heavy atom. The van der Waals surface area contributed by atoms with Gasteiger partial charge in [-0.3, -0.25) is 9.59 Å². The molecule has 1 aromatic rings. The normalized spacial score (nSPS) is 9.89. The van der Waals surface area contributed by atoms with E-state index in [0.29, 0.717) is 18.6 Å². The molecule has 0 spiro atoms. The van der Waals surface area contributed by atoms with E-state index in [0.717, 1.165) is 0 Å². The number of benzene rings is 1. The maximum absolute atomic E-state index is 13.5. The van der Waals surface area contributed by atoms with Gasteiger partial charge in [0.25, 0.3) is 0 Å². The number of primary amides is 1. The van der Waals surface area contributed by atoms with Crippen molar-refractivity contribution in [2.45, 2.75) is 13.3 Å². The predicted molar refractivity (Wildman–Crippen MR) is 63.5 cm³/mol. The monoisotopic (exact) mass is 254 g/mol. The summed E-state index contributed by atoms with van der Waals surface area (Å²) in [5, 5.41) is 2.32. The summed E-state index contributed by atoms with van der Waals surface area (Å²) in [7, 11) is 0. The van der Waals surface area contributed by atoms with Gasteiger partial charge in [-0.1, -0.05) is 6.07 Å². The lowest BCUT2D eigenvalue weighted by Crippen LogP contribution is -2.37. The molecule has 6 heteroatoms. The topological polar surface area (TPSA) is 81.4 Å². The second kappa shape index (κ2) is 6.58. The van der Waals surface area contributed by atoms with E-state index in [4.69, 9.17) is 10.5 Å². The Bertz CT molecular complexity index is 449. The summed E-state index contributed by atoms with van der Waals surface area (Å²) in [6, 6.07) is 4.57. The van der Waals surface area contributed by atoms with Crippen LogP contribution in [0.25, 0.3) is 0 Å². The highest BCUT2D eigenvalue weighted by molar-refractivity contribution is 6.34. The molecule has 1 aromatic carbocycles. The van der Waals surface area contributed by atoms with E-state index in [1.54, 1.807) is 13.0 Å². The molecule has 98 valence electrons. The van der Waals surface area contributed by atoms with Gasteiger partial charge < -0.3 is 15.8 Å². The van der Waals surface area contributed by atoms with Crippen molar-refractivity contribution in [3.8, 4) is 5.75 Å². The molecule has 3 N–H and O–H groups in total. The van der Waals surface area contributed by atoms with Gasteiger partial charge in [-0.25, -0.2) is 4.39 Å². The molecule has 0 saturated carbocycles. The first-order valence-electron chi connectivity index (χ1n) is 5.53. The number of ether oxygens (including phenoxy) is 1. The van der Waals surface area contributed by atoms with Crippen LogP contribution in [0.5, 0.6) is 5.75 Å². The van der Waals surface area contributed by atoms with Crippen molar-refractivity contribution >= 4 is 11.8 Å². The van der Waals surface area contributed by atoms with Crippen LogP contribution in [-0.2, 0) is 16.0 Å². The number of nitrogens with two attached hydrogens (primary N) is 1. The number of amides is 2. The zero-order chi connectivity index (χ0) is 13.5. The van der Waals surface area contributed by atoms with E-state index in [1.807, 2.05) is 0 Å². The summed E-state index contributed by atoms with van der Waals surface area (Å²) in [5.74, 6) is -2.13. The average Bonchev–Trinajstić information content (AvgIpc) is 2.32. The van der Waals surface area contributed by atoms with E-state index in [9.17, 15) is 14.0 Å². The number of nitrogens with one attached hydrogen (secondary N) is 1. The fourth-order valence-corrected chi connectivity index (χ4v) is 1.38. The zero-order valence-electron chi connectivity index (χ0n) is 10.0. The van der Waals surface area contributed by atoms with Crippen LogP contribution in [0.4, 0.5) is 4.39 Å². The highest BCUT2D eigenvalue weighted by Crippen LogP contribution is 2.18. The largest absolute Gasteiger partial charge is 0.491 e. The second-order valence-corrected chi connectivity index (χ2v) is 3.57. The molecule has 0 unspecified atom stereocenters. The Morgan fingerprint density at radius 1 is 1.44 bits per heavy atom. The summed E-state index contributed by atoms with van der Waals surface area (Å²) >= 11 is 0. The minimum absolute atomic E-state index is 0.197. The lowest BCUT2D eigenvalue weighted by molar-refractivity contribution is -0.137. The molecule has 1 rings (SSSR count). The maximum atomic E-state index is 13.5. The summed E-state index contributed by atoms with van der Waals surface area (Å²) in [6.07, 6.45) is 0.405. The van der Waals surface area contributed by atoms with Gasteiger partial charge >= 0.3 is 11.8 Å². The summed E-state index contributed by atoms with van der Waals surface area (Å²) in [4.78, 5) is 21.3. The van der Waals surface area contributed by atoms with Gasteiger partial charge in [-0.05, 0) is 31.0 Å². The third kappa shape index (κ3) is 4.04. The van der Waals surface area contributed by atoms with E-state index >= 15 is 0 Å². The molecule has 0 heterocycles. The molecule has 0 aliphatic heterocycles. The predicted octanol–water partition coefficient (Wildman–Crippen LogP) is 0.368. The van der Waals surface area contributed by atoms with Crippen molar-refractivity contribution in [2.75, 3.05) is 13.2 Å². The number of halogens is 1. The molecule has 0 saturated heterocycles. The Balaban J connectivity index is 2.51. The van der Waals surface area contributed by atoms with E-state index in [-0.39, 0.29) is 12.3 Å². The molecule has 0 radical (unpaired) electrons. The first-order valence-corrected chi connectivity index (χ1v) is 5.53. The molecule has 0 atom stereocenters. The van der Waals surface area contributed by atoms with Gasteiger partial charge in [-0.2, -0.15) is 0 Å². The molecule has 0 bridgehead atoms. The average molecular weight is 254 g/mol. The van der Waals surface area contributed by atoms with Crippen LogP contribution in [0.15, 0.2) is 18.2 Å². The summed E-state index contributed by atoms with van der Waals surface area (Å²) in [6.45, 7) is 2.38. The Kier molecular flexibility index (Phi) is 5.10. The van der Waals surface area contributed by atoms with Gasteiger partial charge in [0.1, 0.15) is 0 Å². The van der Waals surface area contributed by atoms with Gasteiger partial charge in [0.05, 0.1) is 6.61 Å². The van der Waals surface area contributed by atoms with Crippen molar-refractivity contribution in [2.24, 2.45) is 5.73 Å². The van der Waals surface area contributed by atoms with Crippen LogP contribution in [-0.4, -0.2) is 25.0 Å². The summed E-state index contributed by atoms with van der Waals surface area (Å²) < 4.78 is 18.5. The van der Waals surface area contributed by atoms with Gasteiger partial charge in [0.2, 0.25) is 0 Å². The molecule has 0 aliphatic carbocycles. The minimum Gasteiger partial charge on any atom is -0.491 e. The smallest absolute Gasteiger partial charge is 0.309 e. The number of carbonyl (C=O) groups excluding carboxylic acids is 2. The van der Waals surface area contributed by atoms with Crippen molar-refractivity contribution < 1.29 is 18.7 Å². The van der Waals surface area contributed by atoms with Crippen LogP contribution in [0.1, 0.15) is 12.5 Å². The van der Waals surface area contributed by atoms with E-state index < -0.39 is 17.6 Å². The molecule has 0 fully saturated rings. The van der Waals surface area contributed by atoms with Crippen LogP contribution in [0.2, 0.25) is 0 Å². The molecule has 0 aromatic heterocycles. The maximum Gasteiger partial charge on any atom is 0.309 e. The van der Waals surface area contributed by atoms with Gasteiger partial charge in [0.15, 0.2) is 11.6 Å². The lowest BCUT2D eigenvalue weighted by Gasteiger charge is -2.07. The number of hydrogen-bond donors (Lipinski definition) is 2. The molecular formula is C12H15FN2O3. The van der Waals surface area contributed by atoms with Crippen molar-refractivity contribution in [1.82, 2.24) is 5.32 Å². The van der Waals surface area contributed by atoms with Crippen LogP contribution in [0, 0.1) is 5.82 Å². The molecule has 2 amide bonds. The first-order chi connectivity index (χ1) is 8.54. The highest BCUT2D eigenvalue weighted by Gasteiger charge is 2.08. The quantitative estimate of drug-likeness (QED) is 0.745. The van der Waals surface area contributed by atoms with Gasteiger partial charge in [0, 0.05) is 6.54 Å². The standard InChI is InChI=1S/C12H15FN2O3/c1-2-18-10-4-3-8(7-9(10)13)5-6-15-12(17)11(14)16/h3-4,7H,2,5-6H2,1H3,(H2,14,16)(H,15,17). The number of rotatable bonds is 5. The van der Waals surface area contributed by atoms with Crippen molar-refractivity contribution in [1.29, 1.82) is 0 Å². The SMILES string of the molecule is CCOc1ccc(CCNC(=O)C(N)=O)cc1F. The van der Waals surface area contributed by atoms with Crippen molar-refractivity contribution in [3.63, 3.8) is 0 Å². The van der Waals surface area contributed by atoms with Crippen molar-refractivity contribution in [3.05, 3.63) is 29.6 Å².